The number of amides is 1. The highest BCUT2D eigenvalue weighted by atomic mass is 32.2. The number of nitrogens with one attached hydrogen (secondary N) is 1. The van der Waals surface area contributed by atoms with Crippen molar-refractivity contribution in [3.63, 3.8) is 0 Å². The highest BCUT2D eigenvalue weighted by molar-refractivity contribution is 7.99. The minimum atomic E-state index is 0.102. The normalized spacial score (nSPS) is 31.4. The highest BCUT2D eigenvalue weighted by Gasteiger charge is 2.40. The van der Waals surface area contributed by atoms with Crippen LogP contribution in [0.3, 0.4) is 0 Å². The van der Waals surface area contributed by atoms with Crippen LogP contribution >= 0.6 is 11.8 Å². The maximum Gasteiger partial charge on any atom is 0.224 e. The molecule has 2 aliphatic rings. The van der Waals surface area contributed by atoms with Crippen LogP contribution in [0.25, 0.3) is 0 Å². The van der Waals surface area contributed by atoms with E-state index in [0.717, 1.165) is 11.4 Å². The van der Waals surface area contributed by atoms with Gasteiger partial charge in [0, 0.05) is 44.5 Å². The first-order chi connectivity index (χ1) is 9.16. The van der Waals surface area contributed by atoms with Crippen LogP contribution in [0.5, 0.6) is 0 Å². The van der Waals surface area contributed by atoms with E-state index in [1.54, 1.807) is 6.20 Å². The number of likely N-dealkylation sites (N-methyl/N-ethyl adjacent to an activating group) is 1. The molecular formula is C13H20N4OS. The number of aryl methyl sites for hydroxylation is 1. The first kappa shape index (κ1) is 13.0. The lowest BCUT2D eigenvalue weighted by atomic mass is 10.0. The zero-order valence-electron chi connectivity index (χ0n) is 11.4. The molecule has 19 heavy (non-hydrogen) atoms. The fourth-order valence-corrected chi connectivity index (χ4v) is 4.23. The van der Waals surface area contributed by atoms with E-state index in [4.69, 9.17) is 0 Å². The first-order valence-electron chi connectivity index (χ1n) is 6.74. The zero-order valence-corrected chi connectivity index (χ0v) is 12.2. The standard InChI is InChI=1S/C13H20N4OS/c1-16-12(18)7-10(15-9-4-6-19-8-9)13(16)11-3-5-14-17(11)2/h3,5,9-10,13,15H,4,6-8H2,1-2H3/t9-,10-,13-/m1/s1. The lowest BCUT2D eigenvalue weighted by Gasteiger charge is -2.27. The van der Waals surface area contributed by atoms with Gasteiger partial charge in [-0.2, -0.15) is 16.9 Å². The van der Waals surface area contributed by atoms with Crippen LogP contribution in [0, 0.1) is 0 Å². The van der Waals surface area contributed by atoms with Gasteiger partial charge in [0.2, 0.25) is 5.91 Å². The molecule has 2 saturated heterocycles. The van der Waals surface area contributed by atoms with E-state index >= 15 is 0 Å². The second-order valence-corrected chi connectivity index (χ2v) is 6.52. The lowest BCUT2D eigenvalue weighted by Crippen LogP contribution is -2.42. The van der Waals surface area contributed by atoms with E-state index in [0.29, 0.717) is 12.5 Å². The van der Waals surface area contributed by atoms with Crippen molar-refractivity contribution >= 4 is 17.7 Å². The van der Waals surface area contributed by atoms with Gasteiger partial charge in [-0.3, -0.25) is 9.48 Å². The van der Waals surface area contributed by atoms with Gasteiger partial charge in [0.15, 0.2) is 0 Å². The Balaban J connectivity index is 1.81. The molecule has 1 aromatic rings. The molecule has 1 amide bonds. The van der Waals surface area contributed by atoms with Crippen LogP contribution in [-0.2, 0) is 11.8 Å². The van der Waals surface area contributed by atoms with E-state index in [2.05, 4.69) is 10.4 Å². The van der Waals surface area contributed by atoms with Gasteiger partial charge in [-0.05, 0) is 18.2 Å². The Bertz CT molecular complexity index is 469. The highest BCUT2D eigenvalue weighted by Crippen LogP contribution is 2.32. The number of thioether (sulfide) groups is 1. The zero-order chi connectivity index (χ0) is 13.4. The molecule has 6 heteroatoms. The fourth-order valence-electron chi connectivity index (χ4n) is 3.07. The summed E-state index contributed by atoms with van der Waals surface area (Å²) in [7, 11) is 3.83. The Morgan fingerprint density at radius 3 is 2.95 bits per heavy atom. The van der Waals surface area contributed by atoms with Crippen molar-refractivity contribution in [2.45, 2.75) is 31.0 Å². The van der Waals surface area contributed by atoms with Crippen LogP contribution in [0.15, 0.2) is 12.3 Å². The summed E-state index contributed by atoms with van der Waals surface area (Å²) in [4.78, 5) is 13.9. The number of carbonyl (C=O) groups excluding carboxylic acids is 1. The molecule has 0 radical (unpaired) electrons. The summed E-state index contributed by atoms with van der Waals surface area (Å²) < 4.78 is 1.87. The Labute approximate surface area is 117 Å². The van der Waals surface area contributed by atoms with E-state index in [9.17, 15) is 4.79 Å². The van der Waals surface area contributed by atoms with Gasteiger partial charge in [0.1, 0.15) is 0 Å². The largest absolute Gasteiger partial charge is 0.336 e. The summed E-state index contributed by atoms with van der Waals surface area (Å²) in [5, 5.41) is 7.91. The average molecular weight is 280 g/mol. The first-order valence-corrected chi connectivity index (χ1v) is 7.89. The van der Waals surface area contributed by atoms with Gasteiger partial charge in [-0.1, -0.05) is 0 Å². The molecule has 2 aliphatic heterocycles. The van der Waals surface area contributed by atoms with Crippen molar-refractivity contribution < 1.29 is 4.79 Å². The Morgan fingerprint density at radius 2 is 2.32 bits per heavy atom. The average Bonchev–Trinajstić information content (AvgIpc) is 3.06. The third-order valence-corrected chi connectivity index (χ3v) is 5.29. The van der Waals surface area contributed by atoms with E-state index in [-0.39, 0.29) is 18.0 Å². The van der Waals surface area contributed by atoms with Gasteiger partial charge >= 0.3 is 0 Å². The molecule has 0 unspecified atom stereocenters. The summed E-state index contributed by atoms with van der Waals surface area (Å²) >= 11 is 1.99. The lowest BCUT2D eigenvalue weighted by molar-refractivity contribution is -0.127. The van der Waals surface area contributed by atoms with Gasteiger partial charge in [0.05, 0.1) is 11.7 Å². The summed E-state index contributed by atoms with van der Waals surface area (Å²) in [5.74, 6) is 2.60. The second kappa shape index (κ2) is 5.17. The van der Waals surface area contributed by atoms with Crippen LogP contribution in [0.4, 0.5) is 0 Å². The van der Waals surface area contributed by atoms with Crippen LogP contribution in [0.2, 0.25) is 0 Å². The molecule has 3 atom stereocenters. The van der Waals surface area contributed by atoms with Gasteiger partial charge in [0.25, 0.3) is 0 Å². The topological polar surface area (TPSA) is 50.2 Å². The molecule has 1 aromatic heterocycles. The van der Waals surface area contributed by atoms with E-state index < -0.39 is 0 Å². The third kappa shape index (κ3) is 2.39. The maximum absolute atomic E-state index is 12.0. The molecule has 0 saturated carbocycles. The quantitative estimate of drug-likeness (QED) is 0.889. The van der Waals surface area contributed by atoms with Crippen molar-refractivity contribution in [1.29, 1.82) is 0 Å². The summed E-state index contributed by atoms with van der Waals surface area (Å²) in [6.45, 7) is 0. The summed E-state index contributed by atoms with van der Waals surface area (Å²) in [6, 6.07) is 2.87. The minimum Gasteiger partial charge on any atom is -0.336 e. The number of carbonyl (C=O) groups is 1. The molecule has 3 heterocycles. The van der Waals surface area contributed by atoms with Crippen molar-refractivity contribution in [2.24, 2.45) is 7.05 Å². The molecule has 104 valence electrons. The van der Waals surface area contributed by atoms with Gasteiger partial charge in [-0.25, -0.2) is 0 Å². The Hall–Kier alpha value is -1.01. The predicted octanol–water partition coefficient (Wildman–Crippen LogP) is 0.787. The summed E-state index contributed by atoms with van der Waals surface area (Å²) in [6.07, 6.45) is 3.60. The molecule has 0 aromatic carbocycles. The van der Waals surface area contributed by atoms with Crippen molar-refractivity contribution in [2.75, 3.05) is 18.6 Å². The molecule has 0 bridgehead atoms. The number of likely N-dealkylation sites (tertiary alicyclic amines) is 1. The van der Waals surface area contributed by atoms with Crippen molar-refractivity contribution in [3.8, 4) is 0 Å². The molecule has 3 rings (SSSR count). The second-order valence-electron chi connectivity index (χ2n) is 5.37. The van der Waals surface area contributed by atoms with Crippen molar-refractivity contribution in [1.82, 2.24) is 20.0 Å². The van der Waals surface area contributed by atoms with Crippen molar-refractivity contribution in [3.05, 3.63) is 18.0 Å². The number of hydrogen-bond acceptors (Lipinski definition) is 4. The predicted molar refractivity (Wildman–Crippen MR) is 76.0 cm³/mol. The van der Waals surface area contributed by atoms with Crippen LogP contribution in [0.1, 0.15) is 24.6 Å². The number of nitrogens with zero attached hydrogens (tertiary/aromatic N) is 3. The molecule has 0 spiro atoms. The number of aromatic nitrogens is 2. The minimum absolute atomic E-state index is 0.102. The van der Waals surface area contributed by atoms with Gasteiger partial charge in [-0.15, -0.1) is 0 Å². The monoisotopic (exact) mass is 280 g/mol. The SMILES string of the molecule is CN1C(=O)C[C@@H](N[C@@H]2CCSC2)[C@@H]1c1ccnn1C. The fraction of sp³-hybridized carbons (Fsp3) is 0.692. The Morgan fingerprint density at radius 1 is 1.47 bits per heavy atom. The number of rotatable bonds is 3. The van der Waals surface area contributed by atoms with Crippen LogP contribution < -0.4 is 5.32 Å². The maximum atomic E-state index is 12.0. The number of hydrogen-bond donors (Lipinski definition) is 1. The molecule has 0 aliphatic carbocycles. The molecule has 1 N–H and O–H groups in total. The van der Waals surface area contributed by atoms with Crippen LogP contribution in [-0.4, -0.2) is 51.2 Å². The van der Waals surface area contributed by atoms with E-state index in [1.807, 2.05) is 41.5 Å². The molecule has 2 fully saturated rings. The third-order valence-electron chi connectivity index (χ3n) is 4.13. The smallest absolute Gasteiger partial charge is 0.224 e. The Kier molecular flexibility index (Phi) is 3.54. The summed E-state index contributed by atoms with van der Waals surface area (Å²) in [5.41, 5.74) is 1.11. The van der Waals surface area contributed by atoms with E-state index in [1.165, 1.54) is 12.2 Å². The molecule has 5 nitrogen and oxygen atoms in total. The molecular weight excluding hydrogens is 260 g/mol. The van der Waals surface area contributed by atoms with Gasteiger partial charge < -0.3 is 10.2 Å².